The highest BCUT2D eigenvalue weighted by Gasteiger charge is 2.27. The molecule has 1 aliphatic rings. The number of likely N-dealkylation sites (tertiary alicyclic amines) is 1. The van der Waals surface area contributed by atoms with Crippen LogP contribution in [0.5, 0.6) is 0 Å². The van der Waals surface area contributed by atoms with E-state index < -0.39 is 5.82 Å². The molecule has 5 heteroatoms. The Bertz CT molecular complexity index is 538. The fourth-order valence-corrected chi connectivity index (χ4v) is 2.68. The van der Waals surface area contributed by atoms with Gasteiger partial charge in [-0.1, -0.05) is 6.42 Å². The quantitative estimate of drug-likeness (QED) is 0.915. The van der Waals surface area contributed by atoms with Gasteiger partial charge in [-0.05, 0) is 43.1 Å². The summed E-state index contributed by atoms with van der Waals surface area (Å²) in [5.74, 6) is -0.408. The molecule has 1 fully saturated rings. The first-order chi connectivity index (χ1) is 9.63. The van der Waals surface area contributed by atoms with Crippen LogP contribution in [0.1, 0.15) is 30.4 Å². The van der Waals surface area contributed by atoms with Gasteiger partial charge in [0.15, 0.2) is 0 Å². The van der Waals surface area contributed by atoms with Crippen molar-refractivity contribution in [2.24, 2.45) is 0 Å². The van der Waals surface area contributed by atoms with E-state index in [1.807, 2.05) is 6.07 Å². The van der Waals surface area contributed by atoms with E-state index >= 15 is 0 Å². The molecule has 2 rings (SSSR count). The number of hydrogen-bond donors (Lipinski definition) is 1. The standard InChI is InChI=1S/C15H18FN3O/c1-18-15(20)14-4-2-3-5-19(14)10-12-6-11(9-17)7-13(16)8-12/h6-8,14H,2-5,10H2,1H3,(H,18,20). The van der Waals surface area contributed by atoms with Crippen molar-refractivity contribution in [3.8, 4) is 6.07 Å². The fourth-order valence-electron chi connectivity index (χ4n) is 2.68. The molecule has 1 heterocycles. The van der Waals surface area contributed by atoms with Gasteiger partial charge in [0.1, 0.15) is 5.82 Å². The van der Waals surface area contributed by atoms with Gasteiger partial charge in [-0.15, -0.1) is 0 Å². The lowest BCUT2D eigenvalue weighted by atomic mass is 10.00. The predicted molar refractivity (Wildman–Crippen MR) is 73.2 cm³/mol. The van der Waals surface area contributed by atoms with Crippen molar-refractivity contribution in [1.82, 2.24) is 10.2 Å². The second kappa shape index (κ2) is 6.49. The van der Waals surface area contributed by atoms with Gasteiger partial charge in [-0.2, -0.15) is 5.26 Å². The molecule has 106 valence electrons. The second-order valence-electron chi connectivity index (χ2n) is 5.06. The summed E-state index contributed by atoms with van der Waals surface area (Å²) in [7, 11) is 1.63. The van der Waals surface area contributed by atoms with E-state index in [1.54, 1.807) is 13.1 Å². The first-order valence-electron chi connectivity index (χ1n) is 6.79. The Morgan fingerprint density at radius 1 is 1.50 bits per heavy atom. The molecule has 1 N–H and O–H groups in total. The van der Waals surface area contributed by atoms with Gasteiger partial charge < -0.3 is 5.32 Å². The Morgan fingerprint density at radius 3 is 3.00 bits per heavy atom. The monoisotopic (exact) mass is 275 g/mol. The van der Waals surface area contributed by atoms with Gasteiger partial charge in [0.25, 0.3) is 0 Å². The Balaban J connectivity index is 2.16. The molecule has 0 radical (unpaired) electrons. The van der Waals surface area contributed by atoms with Gasteiger partial charge in [0.05, 0.1) is 17.7 Å². The zero-order chi connectivity index (χ0) is 14.5. The summed E-state index contributed by atoms with van der Waals surface area (Å²) < 4.78 is 13.4. The number of carbonyl (C=O) groups is 1. The smallest absolute Gasteiger partial charge is 0.237 e. The Kier molecular flexibility index (Phi) is 4.70. The highest BCUT2D eigenvalue weighted by atomic mass is 19.1. The molecular weight excluding hydrogens is 257 g/mol. The molecule has 0 spiro atoms. The molecule has 1 unspecified atom stereocenters. The number of likely N-dealkylation sites (N-methyl/N-ethyl adjacent to an activating group) is 1. The largest absolute Gasteiger partial charge is 0.358 e. The summed E-state index contributed by atoms with van der Waals surface area (Å²) in [6.07, 6.45) is 2.88. The number of nitrogens with zero attached hydrogens (tertiary/aromatic N) is 2. The molecule has 1 aromatic carbocycles. The second-order valence-corrected chi connectivity index (χ2v) is 5.06. The Labute approximate surface area is 118 Å². The summed E-state index contributed by atoms with van der Waals surface area (Å²) in [5.41, 5.74) is 1.05. The van der Waals surface area contributed by atoms with Crippen molar-refractivity contribution in [2.45, 2.75) is 31.8 Å². The summed E-state index contributed by atoms with van der Waals surface area (Å²) in [6.45, 7) is 1.31. The molecular formula is C15H18FN3O. The normalized spacial score (nSPS) is 19.4. The number of benzene rings is 1. The maximum absolute atomic E-state index is 13.4. The van der Waals surface area contributed by atoms with E-state index in [0.29, 0.717) is 12.1 Å². The van der Waals surface area contributed by atoms with E-state index in [9.17, 15) is 9.18 Å². The molecule has 4 nitrogen and oxygen atoms in total. The van der Waals surface area contributed by atoms with Gasteiger partial charge in [-0.25, -0.2) is 4.39 Å². The van der Waals surface area contributed by atoms with Crippen LogP contribution in [-0.4, -0.2) is 30.4 Å². The maximum Gasteiger partial charge on any atom is 0.237 e. The molecule has 0 saturated carbocycles. The van der Waals surface area contributed by atoms with Gasteiger partial charge in [0, 0.05) is 13.6 Å². The predicted octanol–water partition coefficient (Wildman–Crippen LogP) is 1.80. The fraction of sp³-hybridized carbons (Fsp3) is 0.467. The number of amides is 1. The number of halogens is 1. The highest BCUT2D eigenvalue weighted by Crippen LogP contribution is 2.20. The third-order valence-electron chi connectivity index (χ3n) is 3.64. The summed E-state index contributed by atoms with van der Waals surface area (Å²) >= 11 is 0. The summed E-state index contributed by atoms with van der Waals surface area (Å²) in [4.78, 5) is 13.9. The molecule has 0 aromatic heterocycles. The minimum atomic E-state index is -0.410. The first kappa shape index (κ1) is 14.5. The zero-order valence-electron chi connectivity index (χ0n) is 11.5. The van der Waals surface area contributed by atoms with Crippen LogP contribution < -0.4 is 5.32 Å². The van der Waals surface area contributed by atoms with Crippen molar-refractivity contribution in [3.63, 3.8) is 0 Å². The minimum absolute atomic E-state index is 0.00149. The van der Waals surface area contributed by atoms with E-state index in [0.717, 1.165) is 31.4 Å². The van der Waals surface area contributed by atoms with E-state index in [4.69, 9.17) is 5.26 Å². The van der Waals surface area contributed by atoms with Crippen molar-refractivity contribution < 1.29 is 9.18 Å². The number of nitriles is 1. The molecule has 1 atom stereocenters. The number of piperidine rings is 1. The van der Waals surface area contributed by atoms with Crippen LogP contribution in [0.3, 0.4) is 0 Å². The number of hydrogen-bond acceptors (Lipinski definition) is 3. The Morgan fingerprint density at radius 2 is 2.30 bits per heavy atom. The lowest BCUT2D eigenvalue weighted by molar-refractivity contribution is -0.127. The van der Waals surface area contributed by atoms with E-state index in [2.05, 4.69) is 10.2 Å². The highest BCUT2D eigenvalue weighted by molar-refractivity contribution is 5.81. The van der Waals surface area contributed by atoms with Crippen molar-refractivity contribution in [3.05, 3.63) is 35.1 Å². The third kappa shape index (κ3) is 3.34. The van der Waals surface area contributed by atoms with E-state index in [-0.39, 0.29) is 11.9 Å². The van der Waals surface area contributed by atoms with Crippen molar-refractivity contribution in [1.29, 1.82) is 5.26 Å². The van der Waals surface area contributed by atoms with Gasteiger partial charge in [0.2, 0.25) is 5.91 Å². The van der Waals surface area contributed by atoms with Gasteiger partial charge in [-0.3, -0.25) is 9.69 Å². The van der Waals surface area contributed by atoms with Crippen LogP contribution in [0.25, 0.3) is 0 Å². The van der Waals surface area contributed by atoms with Crippen LogP contribution in [0.2, 0.25) is 0 Å². The average Bonchev–Trinajstić information content (AvgIpc) is 2.46. The van der Waals surface area contributed by atoms with Crippen LogP contribution in [0, 0.1) is 17.1 Å². The van der Waals surface area contributed by atoms with E-state index in [1.165, 1.54) is 12.1 Å². The topological polar surface area (TPSA) is 56.1 Å². The van der Waals surface area contributed by atoms with Crippen LogP contribution in [-0.2, 0) is 11.3 Å². The van der Waals surface area contributed by atoms with Crippen LogP contribution >= 0.6 is 0 Å². The summed E-state index contributed by atoms with van der Waals surface area (Å²) in [5, 5.41) is 11.6. The average molecular weight is 275 g/mol. The van der Waals surface area contributed by atoms with Crippen molar-refractivity contribution >= 4 is 5.91 Å². The molecule has 1 amide bonds. The van der Waals surface area contributed by atoms with Crippen molar-refractivity contribution in [2.75, 3.05) is 13.6 Å². The zero-order valence-corrected chi connectivity index (χ0v) is 11.5. The minimum Gasteiger partial charge on any atom is -0.358 e. The van der Waals surface area contributed by atoms with Gasteiger partial charge >= 0.3 is 0 Å². The molecule has 1 aromatic rings. The maximum atomic E-state index is 13.4. The Hall–Kier alpha value is -1.93. The molecule has 1 saturated heterocycles. The molecule has 0 aliphatic carbocycles. The number of nitrogens with one attached hydrogen (secondary N) is 1. The number of carbonyl (C=O) groups excluding carboxylic acids is 1. The summed E-state index contributed by atoms with van der Waals surface area (Å²) in [6, 6.07) is 6.11. The van der Waals surface area contributed by atoms with Crippen LogP contribution in [0.15, 0.2) is 18.2 Å². The van der Waals surface area contributed by atoms with Crippen LogP contribution in [0.4, 0.5) is 4.39 Å². The molecule has 1 aliphatic heterocycles. The lowest BCUT2D eigenvalue weighted by Crippen LogP contribution is -2.48. The molecule has 0 bridgehead atoms. The number of rotatable bonds is 3. The molecule has 20 heavy (non-hydrogen) atoms. The third-order valence-corrected chi connectivity index (χ3v) is 3.64. The lowest BCUT2D eigenvalue weighted by Gasteiger charge is -2.34. The first-order valence-corrected chi connectivity index (χ1v) is 6.79. The SMILES string of the molecule is CNC(=O)C1CCCCN1Cc1cc(F)cc(C#N)c1.